The summed E-state index contributed by atoms with van der Waals surface area (Å²) >= 11 is 6.07. The largest absolute Gasteiger partial charge is 0.478 e. The van der Waals surface area contributed by atoms with Gasteiger partial charge in [-0.1, -0.05) is 60.1 Å². The molecule has 0 radical (unpaired) electrons. The zero-order chi connectivity index (χ0) is 21.4. The van der Waals surface area contributed by atoms with E-state index in [9.17, 15) is 9.59 Å². The summed E-state index contributed by atoms with van der Waals surface area (Å²) in [6.45, 7) is -0.307. The molecular formula is C25H16ClNO4. The number of fused-ring (bicyclic) bond motifs is 2. The lowest BCUT2D eigenvalue weighted by Crippen LogP contribution is -2.17. The number of H-pyrrole nitrogens is 1. The quantitative estimate of drug-likeness (QED) is 0.355. The highest BCUT2D eigenvalue weighted by molar-refractivity contribution is 6.31. The van der Waals surface area contributed by atoms with Gasteiger partial charge in [0.25, 0.3) is 0 Å². The zero-order valence-corrected chi connectivity index (χ0v) is 17.0. The number of ketones is 1. The molecule has 0 spiro atoms. The second-order valence-corrected chi connectivity index (χ2v) is 7.49. The maximum absolute atomic E-state index is 13.2. The van der Waals surface area contributed by atoms with Gasteiger partial charge < -0.3 is 14.1 Å². The number of halogens is 1. The Morgan fingerprint density at radius 2 is 1.74 bits per heavy atom. The molecule has 3 aromatic carbocycles. The van der Waals surface area contributed by atoms with E-state index in [1.54, 1.807) is 18.3 Å². The summed E-state index contributed by atoms with van der Waals surface area (Å²) in [5.41, 5.74) is 2.05. The first-order valence-electron chi connectivity index (χ1n) is 9.66. The summed E-state index contributed by atoms with van der Waals surface area (Å²) in [5.74, 6) is 0.00311. The zero-order valence-electron chi connectivity index (χ0n) is 16.2. The monoisotopic (exact) mass is 429 g/mol. The van der Waals surface area contributed by atoms with E-state index < -0.39 is 0 Å². The molecule has 0 atom stereocenters. The molecule has 0 amide bonds. The Morgan fingerprint density at radius 3 is 2.58 bits per heavy atom. The summed E-state index contributed by atoms with van der Waals surface area (Å²) in [6.07, 6.45) is 1.65. The molecule has 5 rings (SSSR count). The van der Waals surface area contributed by atoms with Crippen molar-refractivity contribution in [2.75, 3.05) is 6.61 Å². The Labute approximate surface area is 181 Å². The van der Waals surface area contributed by atoms with Gasteiger partial charge >= 0.3 is 0 Å². The molecule has 2 aromatic heterocycles. The van der Waals surface area contributed by atoms with E-state index in [2.05, 4.69) is 4.98 Å². The van der Waals surface area contributed by atoms with Crippen LogP contribution in [0.2, 0.25) is 5.02 Å². The topological polar surface area (TPSA) is 72.3 Å². The van der Waals surface area contributed by atoms with Gasteiger partial charge in [0.1, 0.15) is 5.58 Å². The maximum atomic E-state index is 13.2. The van der Waals surface area contributed by atoms with Gasteiger partial charge in [0, 0.05) is 33.2 Å². The standard InChI is InChI=1S/C25H16ClNO4/c26-16-10-11-22-18(12-16)23(29)25(24(31-22)15-6-2-1-3-7-15)30-14-21(28)19-13-27-20-9-5-4-8-17(19)20/h1-13,27H,14H2. The minimum absolute atomic E-state index is 0.0193. The van der Waals surface area contributed by atoms with Crippen LogP contribution in [0.3, 0.4) is 0 Å². The molecule has 152 valence electrons. The van der Waals surface area contributed by atoms with Crippen molar-refractivity contribution in [3.8, 4) is 17.1 Å². The molecule has 0 saturated heterocycles. The van der Waals surface area contributed by atoms with E-state index in [4.69, 9.17) is 20.8 Å². The summed E-state index contributed by atoms with van der Waals surface area (Å²) in [5, 5.41) is 1.51. The number of aromatic nitrogens is 1. The van der Waals surface area contributed by atoms with E-state index in [0.29, 0.717) is 27.1 Å². The van der Waals surface area contributed by atoms with Gasteiger partial charge in [0.15, 0.2) is 12.4 Å². The molecule has 5 nitrogen and oxygen atoms in total. The smallest absolute Gasteiger partial charge is 0.235 e. The normalized spacial score (nSPS) is 11.1. The van der Waals surface area contributed by atoms with Crippen LogP contribution in [0.1, 0.15) is 10.4 Å². The number of nitrogens with one attached hydrogen (secondary N) is 1. The van der Waals surface area contributed by atoms with Gasteiger partial charge in [-0.25, -0.2) is 0 Å². The van der Waals surface area contributed by atoms with Gasteiger partial charge in [-0.05, 0) is 24.3 Å². The van der Waals surface area contributed by atoms with Crippen molar-refractivity contribution in [3.63, 3.8) is 0 Å². The number of hydrogen-bond acceptors (Lipinski definition) is 4. The molecule has 0 aliphatic carbocycles. The Balaban J connectivity index is 1.57. The molecule has 0 unspecified atom stereocenters. The number of Topliss-reactive ketones (excluding diaryl/α,β-unsaturated/α-hetero) is 1. The van der Waals surface area contributed by atoms with Crippen LogP contribution in [0.4, 0.5) is 0 Å². The van der Waals surface area contributed by atoms with Crippen LogP contribution < -0.4 is 10.2 Å². The number of carbonyl (C=O) groups excluding carboxylic acids is 1. The van der Waals surface area contributed by atoms with Crippen molar-refractivity contribution >= 4 is 39.3 Å². The van der Waals surface area contributed by atoms with Crippen LogP contribution >= 0.6 is 11.6 Å². The van der Waals surface area contributed by atoms with Crippen LogP contribution in [0.5, 0.6) is 5.75 Å². The van der Waals surface area contributed by atoms with E-state index >= 15 is 0 Å². The number of aromatic amines is 1. The molecule has 5 aromatic rings. The molecule has 0 fully saturated rings. The van der Waals surface area contributed by atoms with Gasteiger partial charge in [-0.3, -0.25) is 9.59 Å². The fourth-order valence-corrected chi connectivity index (χ4v) is 3.75. The van der Waals surface area contributed by atoms with Gasteiger partial charge in [-0.2, -0.15) is 0 Å². The number of rotatable bonds is 5. The fourth-order valence-electron chi connectivity index (χ4n) is 3.58. The number of hydrogen-bond donors (Lipinski definition) is 1. The van der Waals surface area contributed by atoms with Crippen molar-refractivity contribution < 1.29 is 13.9 Å². The van der Waals surface area contributed by atoms with Crippen molar-refractivity contribution in [2.24, 2.45) is 0 Å². The Morgan fingerprint density at radius 1 is 0.968 bits per heavy atom. The maximum Gasteiger partial charge on any atom is 0.235 e. The highest BCUT2D eigenvalue weighted by atomic mass is 35.5. The number of ether oxygens (including phenoxy) is 1. The van der Waals surface area contributed by atoms with Crippen molar-refractivity contribution in [1.82, 2.24) is 4.98 Å². The molecule has 0 bridgehead atoms. The van der Waals surface area contributed by atoms with Crippen LogP contribution in [-0.2, 0) is 0 Å². The van der Waals surface area contributed by atoms with Crippen molar-refractivity contribution in [2.45, 2.75) is 0 Å². The Bertz CT molecular complexity index is 1480. The summed E-state index contributed by atoms with van der Waals surface area (Å²) in [7, 11) is 0. The van der Waals surface area contributed by atoms with Gasteiger partial charge in [-0.15, -0.1) is 0 Å². The lowest BCUT2D eigenvalue weighted by atomic mass is 10.1. The Hall–Kier alpha value is -3.83. The van der Waals surface area contributed by atoms with Gasteiger partial charge in [0.2, 0.25) is 17.0 Å². The molecular weight excluding hydrogens is 414 g/mol. The van der Waals surface area contributed by atoms with Crippen LogP contribution in [0.15, 0.2) is 88.2 Å². The third kappa shape index (κ3) is 3.49. The lowest BCUT2D eigenvalue weighted by molar-refractivity contribution is 0.0922. The first-order valence-corrected chi connectivity index (χ1v) is 10.0. The van der Waals surface area contributed by atoms with Crippen LogP contribution in [0.25, 0.3) is 33.2 Å². The molecule has 1 N–H and O–H groups in total. The summed E-state index contributed by atoms with van der Waals surface area (Å²) in [4.78, 5) is 29.2. The number of benzene rings is 3. The average Bonchev–Trinajstić information content (AvgIpc) is 3.23. The number of para-hydroxylation sites is 1. The van der Waals surface area contributed by atoms with Crippen molar-refractivity contribution in [3.05, 3.63) is 99.8 Å². The minimum atomic E-state index is -0.380. The van der Waals surface area contributed by atoms with Crippen LogP contribution in [-0.4, -0.2) is 17.4 Å². The predicted molar refractivity (Wildman–Crippen MR) is 121 cm³/mol. The fraction of sp³-hybridized carbons (Fsp3) is 0.0400. The van der Waals surface area contributed by atoms with E-state index in [1.165, 1.54) is 6.07 Å². The van der Waals surface area contributed by atoms with E-state index in [1.807, 2.05) is 54.6 Å². The molecule has 31 heavy (non-hydrogen) atoms. The second kappa shape index (κ2) is 7.78. The Kier molecular flexibility index (Phi) is 4.81. The highest BCUT2D eigenvalue weighted by Gasteiger charge is 2.20. The molecule has 6 heteroatoms. The third-order valence-electron chi connectivity index (χ3n) is 5.08. The lowest BCUT2D eigenvalue weighted by Gasteiger charge is -2.11. The van der Waals surface area contributed by atoms with E-state index in [-0.39, 0.29) is 29.3 Å². The third-order valence-corrected chi connectivity index (χ3v) is 5.32. The minimum Gasteiger partial charge on any atom is -0.478 e. The average molecular weight is 430 g/mol. The van der Waals surface area contributed by atoms with Crippen LogP contribution in [0, 0.1) is 0 Å². The second-order valence-electron chi connectivity index (χ2n) is 7.06. The number of carbonyl (C=O) groups is 1. The molecule has 2 heterocycles. The molecule has 0 saturated carbocycles. The summed E-state index contributed by atoms with van der Waals surface area (Å²) < 4.78 is 11.8. The first-order chi connectivity index (χ1) is 15.1. The van der Waals surface area contributed by atoms with Crippen molar-refractivity contribution in [1.29, 1.82) is 0 Å². The SMILES string of the molecule is O=C(COc1c(-c2ccccc2)oc2ccc(Cl)cc2c1=O)c1c[nH]c2ccccc12. The van der Waals surface area contributed by atoms with Gasteiger partial charge in [0.05, 0.1) is 5.39 Å². The predicted octanol–water partition coefficient (Wildman–Crippen LogP) is 5.86. The molecule has 0 aliphatic heterocycles. The summed E-state index contributed by atoms with van der Waals surface area (Å²) in [6, 6.07) is 21.5. The highest BCUT2D eigenvalue weighted by Crippen LogP contribution is 2.32. The molecule has 0 aliphatic rings. The van der Waals surface area contributed by atoms with E-state index in [0.717, 1.165) is 10.9 Å². The first kappa shape index (κ1) is 19.2.